The molecule has 0 amide bonds. The Hall–Kier alpha value is -2.88. The highest BCUT2D eigenvalue weighted by Crippen LogP contribution is 2.28. The zero-order chi connectivity index (χ0) is 24.1. The van der Waals surface area contributed by atoms with Crippen molar-refractivity contribution in [2.45, 2.75) is 67.3 Å². The maximum atomic E-state index is 10.3. The predicted octanol–water partition coefficient (Wildman–Crippen LogP) is 6.54. The third kappa shape index (κ3) is 7.99. The van der Waals surface area contributed by atoms with Gasteiger partial charge in [0.05, 0.1) is 5.70 Å². The summed E-state index contributed by atoms with van der Waals surface area (Å²) in [6.45, 7) is 18.4. The highest BCUT2D eigenvalue weighted by atomic mass is 16.3. The van der Waals surface area contributed by atoms with Crippen LogP contribution < -0.4 is 16.4 Å². The van der Waals surface area contributed by atoms with E-state index >= 15 is 0 Å². The van der Waals surface area contributed by atoms with Crippen LogP contribution in [-0.2, 0) is 6.54 Å². The molecule has 0 heterocycles. The Morgan fingerprint density at radius 3 is 2.31 bits per heavy atom. The fourth-order valence-corrected chi connectivity index (χ4v) is 3.48. The molecule has 1 atom stereocenters. The first-order valence-corrected chi connectivity index (χ1v) is 11.8. The monoisotopic (exact) mass is 437 g/mol. The second-order valence-electron chi connectivity index (χ2n) is 8.16. The molecule has 1 rings (SSSR count). The highest BCUT2D eigenvalue weighted by Gasteiger charge is 2.16. The maximum Gasteiger partial charge on any atom is 0.120 e. The fourth-order valence-electron chi connectivity index (χ4n) is 3.48. The number of aliphatic hydroxyl groups excluding tert-OH is 1. The molecule has 1 unspecified atom stereocenters. The molecule has 32 heavy (non-hydrogen) atoms. The number of aryl methyl sites for hydroxylation is 1. The molecule has 1 aromatic carbocycles. The average molecular weight is 438 g/mol. The fraction of sp³-hybridized carbons (Fsp3) is 0.429. The Balaban J connectivity index is 3.50. The third-order valence-electron chi connectivity index (χ3n) is 5.63. The molecule has 0 bridgehead atoms. The molecule has 0 aromatic heterocycles. The Morgan fingerprint density at radius 1 is 1.16 bits per heavy atom. The molecule has 4 nitrogen and oxygen atoms in total. The SMILES string of the molecule is C=C(/C(=C/C(NCc1ccc(C)cc1)=C(\NCC)C(C)CC)CCC)C(=C\N)/C(O)=C\C. The molecule has 0 aliphatic heterocycles. The van der Waals surface area contributed by atoms with E-state index in [1.54, 1.807) is 13.0 Å². The second kappa shape index (κ2) is 14.2. The van der Waals surface area contributed by atoms with Gasteiger partial charge in [-0.25, -0.2) is 0 Å². The lowest BCUT2D eigenvalue weighted by atomic mass is 9.93. The van der Waals surface area contributed by atoms with Crippen LogP contribution in [0.15, 0.2) is 83.1 Å². The van der Waals surface area contributed by atoms with E-state index < -0.39 is 0 Å². The zero-order valence-corrected chi connectivity index (χ0v) is 20.9. The number of nitrogens with one attached hydrogen (secondary N) is 2. The quantitative estimate of drug-likeness (QED) is 0.209. The molecule has 0 fully saturated rings. The van der Waals surface area contributed by atoms with Crippen molar-refractivity contribution in [2.24, 2.45) is 11.7 Å². The summed E-state index contributed by atoms with van der Waals surface area (Å²) in [6.07, 6.45) is 8.08. The van der Waals surface area contributed by atoms with Crippen molar-refractivity contribution in [3.63, 3.8) is 0 Å². The van der Waals surface area contributed by atoms with Crippen LogP contribution in [0.5, 0.6) is 0 Å². The van der Waals surface area contributed by atoms with Gasteiger partial charge in [-0.05, 0) is 68.4 Å². The molecular formula is C28H43N3O. The van der Waals surface area contributed by atoms with Gasteiger partial charge in [-0.1, -0.05) is 63.6 Å². The van der Waals surface area contributed by atoms with Crippen LogP contribution >= 0.6 is 0 Å². The molecule has 0 aliphatic carbocycles. The van der Waals surface area contributed by atoms with Gasteiger partial charge < -0.3 is 21.5 Å². The van der Waals surface area contributed by atoms with Crippen molar-refractivity contribution in [1.82, 2.24) is 10.6 Å². The molecule has 0 spiro atoms. The number of hydrogen-bond acceptors (Lipinski definition) is 4. The van der Waals surface area contributed by atoms with Gasteiger partial charge >= 0.3 is 0 Å². The minimum atomic E-state index is 0.145. The average Bonchev–Trinajstić information content (AvgIpc) is 2.80. The van der Waals surface area contributed by atoms with Crippen LogP contribution in [-0.4, -0.2) is 11.7 Å². The van der Waals surface area contributed by atoms with E-state index in [1.807, 2.05) is 0 Å². The molecule has 1 aromatic rings. The van der Waals surface area contributed by atoms with Gasteiger partial charge in [-0.15, -0.1) is 0 Å². The van der Waals surface area contributed by atoms with Crippen LogP contribution in [0.1, 0.15) is 65.0 Å². The van der Waals surface area contributed by atoms with Crippen molar-refractivity contribution in [1.29, 1.82) is 0 Å². The molecule has 0 aliphatic rings. The first kappa shape index (κ1) is 27.2. The summed E-state index contributed by atoms with van der Waals surface area (Å²) in [6, 6.07) is 8.59. The minimum Gasteiger partial charge on any atom is -0.508 e. The van der Waals surface area contributed by atoms with Gasteiger partial charge in [0.2, 0.25) is 0 Å². The molecule has 5 N–H and O–H groups in total. The van der Waals surface area contributed by atoms with Crippen LogP contribution in [0.4, 0.5) is 0 Å². The van der Waals surface area contributed by atoms with Gasteiger partial charge in [0.25, 0.3) is 0 Å². The lowest BCUT2D eigenvalue weighted by Crippen LogP contribution is -2.26. The summed E-state index contributed by atoms with van der Waals surface area (Å²) >= 11 is 0. The Labute approximate surface area is 195 Å². The van der Waals surface area contributed by atoms with Crippen LogP contribution in [0, 0.1) is 12.8 Å². The van der Waals surface area contributed by atoms with E-state index in [2.05, 4.69) is 82.2 Å². The number of nitrogens with two attached hydrogens (primary N) is 1. The summed E-state index contributed by atoms with van der Waals surface area (Å²) in [5.74, 6) is 0.516. The summed E-state index contributed by atoms with van der Waals surface area (Å²) in [4.78, 5) is 0. The van der Waals surface area contributed by atoms with Crippen LogP contribution in [0.2, 0.25) is 0 Å². The van der Waals surface area contributed by atoms with E-state index in [0.717, 1.165) is 49.2 Å². The van der Waals surface area contributed by atoms with Gasteiger partial charge in [-0.3, -0.25) is 0 Å². The number of benzene rings is 1. The molecule has 0 saturated heterocycles. The Kier molecular flexibility index (Phi) is 12.1. The minimum absolute atomic E-state index is 0.145. The second-order valence-corrected chi connectivity index (χ2v) is 8.16. The van der Waals surface area contributed by atoms with Crippen molar-refractivity contribution in [3.8, 4) is 0 Å². The summed E-state index contributed by atoms with van der Waals surface area (Å²) in [7, 11) is 0. The first-order valence-electron chi connectivity index (χ1n) is 11.8. The van der Waals surface area contributed by atoms with Crippen molar-refractivity contribution >= 4 is 0 Å². The maximum absolute atomic E-state index is 10.3. The first-order chi connectivity index (χ1) is 15.3. The third-order valence-corrected chi connectivity index (χ3v) is 5.63. The van der Waals surface area contributed by atoms with Gasteiger partial charge in [0.15, 0.2) is 0 Å². The molecule has 0 radical (unpaired) electrons. The number of allylic oxidation sites excluding steroid dienone is 5. The number of aliphatic hydroxyl groups is 1. The normalized spacial score (nSPS) is 14.6. The van der Waals surface area contributed by atoms with E-state index in [-0.39, 0.29) is 5.76 Å². The molecule has 4 heteroatoms. The smallest absolute Gasteiger partial charge is 0.120 e. The topological polar surface area (TPSA) is 70.3 Å². The number of rotatable bonds is 13. The van der Waals surface area contributed by atoms with Gasteiger partial charge in [0, 0.05) is 30.6 Å². The predicted molar refractivity (Wildman–Crippen MR) is 139 cm³/mol. The van der Waals surface area contributed by atoms with Gasteiger partial charge in [0.1, 0.15) is 5.76 Å². The molecule has 0 saturated carbocycles. The Bertz CT molecular complexity index is 857. The molecule has 176 valence electrons. The lowest BCUT2D eigenvalue weighted by Gasteiger charge is -2.23. The lowest BCUT2D eigenvalue weighted by molar-refractivity contribution is 0.424. The van der Waals surface area contributed by atoms with Crippen molar-refractivity contribution in [2.75, 3.05) is 6.54 Å². The van der Waals surface area contributed by atoms with Crippen molar-refractivity contribution < 1.29 is 5.11 Å². The molecular weight excluding hydrogens is 394 g/mol. The summed E-state index contributed by atoms with van der Waals surface area (Å²) < 4.78 is 0. The Morgan fingerprint density at radius 2 is 1.81 bits per heavy atom. The zero-order valence-electron chi connectivity index (χ0n) is 20.9. The van der Waals surface area contributed by atoms with E-state index in [9.17, 15) is 5.11 Å². The van der Waals surface area contributed by atoms with Gasteiger partial charge in [-0.2, -0.15) is 0 Å². The van der Waals surface area contributed by atoms with E-state index in [1.165, 1.54) is 23.0 Å². The summed E-state index contributed by atoms with van der Waals surface area (Å²) in [5.41, 5.74) is 13.0. The standard InChI is InChI=1S/C28H43N3O/c1-8-12-24(22(7)25(18-29)27(32)10-3)17-26(28(30-11-4)21(6)9-2)31-19-23-15-13-20(5)14-16-23/h10,13-18,21,30-32H,7-9,11-12,19,29H2,1-6H3/b24-17+,25-18+,27-10+,28-26+. The highest BCUT2D eigenvalue weighted by molar-refractivity contribution is 5.53. The van der Waals surface area contributed by atoms with Crippen LogP contribution in [0.3, 0.4) is 0 Å². The largest absolute Gasteiger partial charge is 0.508 e. The van der Waals surface area contributed by atoms with E-state index in [4.69, 9.17) is 5.73 Å². The van der Waals surface area contributed by atoms with Crippen molar-refractivity contribution in [3.05, 3.63) is 94.2 Å². The summed E-state index contributed by atoms with van der Waals surface area (Å²) in [5, 5.41) is 17.6. The van der Waals surface area contributed by atoms with Crippen LogP contribution in [0.25, 0.3) is 0 Å². The number of hydrogen-bond donors (Lipinski definition) is 4. The van der Waals surface area contributed by atoms with E-state index in [0.29, 0.717) is 11.5 Å².